The van der Waals surface area contributed by atoms with Crippen molar-refractivity contribution in [2.45, 2.75) is 58.0 Å². The molecule has 2 aromatic rings. The van der Waals surface area contributed by atoms with Crippen molar-refractivity contribution in [1.29, 1.82) is 0 Å². The molecule has 0 fully saturated rings. The van der Waals surface area contributed by atoms with Gasteiger partial charge in [0, 0.05) is 18.5 Å². The molecular formula is C26H32N2O5. The summed E-state index contributed by atoms with van der Waals surface area (Å²) < 4.78 is 5.59. The van der Waals surface area contributed by atoms with E-state index in [1.54, 1.807) is 13.8 Å². The Balaban J connectivity index is 1.67. The Labute approximate surface area is 194 Å². The Morgan fingerprint density at radius 1 is 1.03 bits per heavy atom. The number of hydrogen-bond acceptors (Lipinski definition) is 4. The highest BCUT2D eigenvalue weighted by Crippen LogP contribution is 2.44. The molecule has 0 aromatic heterocycles. The molecule has 2 amide bonds. The van der Waals surface area contributed by atoms with E-state index in [9.17, 15) is 14.4 Å². The van der Waals surface area contributed by atoms with Crippen molar-refractivity contribution >= 4 is 18.0 Å². The fourth-order valence-corrected chi connectivity index (χ4v) is 4.58. The van der Waals surface area contributed by atoms with Gasteiger partial charge in [0.1, 0.15) is 12.6 Å². The molecule has 3 rings (SSSR count). The summed E-state index contributed by atoms with van der Waals surface area (Å²) in [5, 5.41) is 11.8. The van der Waals surface area contributed by atoms with Gasteiger partial charge in [-0.1, -0.05) is 61.9 Å². The van der Waals surface area contributed by atoms with Crippen LogP contribution >= 0.6 is 0 Å². The Bertz CT molecular complexity index is 960. The van der Waals surface area contributed by atoms with Crippen molar-refractivity contribution in [2.75, 3.05) is 13.2 Å². The highest BCUT2D eigenvalue weighted by Gasteiger charge is 2.31. The van der Waals surface area contributed by atoms with Gasteiger partial charge in [-0.25, -0.2) is 4.79 Å². The van der Waals surface area contributed by atoms with Crippen molar-refractivity contribution < 1.29 is 24.2 Å². The first-order valence-corrected chi connectivity index (χ1v) is 11.5. The summed E-state index contributed by atoms with van der Waals surface area (Å²) in [6.45, 7) is 5.95. The number of nitrogens with one attached hydrogen (secondary N) is 1. The van der Waals surface area contributed by atoms with Crippen LogP contribution in [0.5, 0.6) is 0 Å². The van der Waals surface area contributed by atoms with Gasteiger partial charge in [-0.2, -0.15) is 0 Å². The number of likely N-dealkylation sites (N-methyl/N-ethyl adjacent to an activating group) is 1. The maximum atomic E-state index is 13.1. The number of carbonyl (C=O) groups is 3. The zero-order chi connectivity index (χ0) is 24.0. The number of ether oxygens (including phenoxy) is 1. The van der Waals surface area contributed by atoms with E-state index in [1.165, 1.54) is 4.90 Å². The predicted octanol–water partition coefficient (Wildman–Crippen LogP) is 4.41. The van der Waals surface area contributed by atoms with Crippen LogP contribution in [-0.2, 0) is 14.3 Å². The minimum atomic E-state index is -0.967. The maximum absolute atomic E-state index is 13.1. The van der Waals surface area contributed by atoms with Gasteiger partial charge in [-0.05, 0) is 42.5 Å². The van der Waals surface area contributed by atoms with Gasteiger partial charge in [0.25, 0.3) is 0 Å². The number of fused-ring (bicyclic) bond motifs is 3. The second-order valence-corrected chi connectivity index (χ2v) is 8.38. The molecule has 0 saturated heterocycles. The molecule has 2 atom stereocenters. The first-order valence-electron chi connectivity index (χ1n) is 11.5. The topological polar surface area (TPSA) is 95.9 Å². The molecule has 0 radical (unpaired) electrons. The SMILES string of the molecule is CCC[C@H](NC(=O)OCC1c2ccccc2-c2ccccc21)C(=O)N(CC)C(C)CC(=O)O. The van der Waals surface area contributed by atoms with E-state index in [0.29, 0.717) is 19.4 Å². The van der Waals surface area contributed by atoms with E-state index < -0.39 is 24.1 Å². The third-order valence-corrected chi connectivity index (χ3v) is 6.14. The number of aliphatic carboxylic acids is 1. The lowest BCUT2D eigenvalue weighted by molar-refractivity contribution is -0.141. The highest BCUT2D eigenvalue weighted by molar-refractivity contribution is 5.86. The average molecular weight is 453 g/mol. The minimum Gasteiger partial charge on any atom is -0.481 e. The summed E-state index contributed by atoms with van der Waals surface area (Å²) in [5.41, 5.74) is 4.53. The molecule has 7 heteroatoms. The number of carboxylic acid groups (broad SMARTS) is 1. The van der Waals surface area contributed by atoms with E-state index in [0.717, 1.165) is 22.3 Å². The van der Waals surface area contributed by atoms with E-state index in [2.05, 4.69) is 17.4 Å². The van der Waals surface area contributed by atoms with Crippen LogP contribution in [0.2, 0.25) is 0 Å². The molecule has 0 aliphatic heterocycles. The van der Waals surface area contributed by atoms with Crippen LogP contribution in [0.1, 0.15) is 57.1 Å². The maximum Gasteiger partial charge on any atom is 0.407 e. The molecule has 7 nitrogen and oxygen atoms in total. The van der Waals surface area contributed by atoms with Crippen LogP contribution in [-0.4, -0.2) is 53.2 Å². The number of amides is 2. The van der Waals surface area contributed by atoms with E-state index >= 15 is 0 Å². The Kier molecular flexibility index (Phi) is 8.09. The third kappa shape index (κ3) is 5.53. The molecule has 2 aromatic carbocycles. The van der Waals surface area contributed by atoms with Gasteiger partial charge in [-0.15, -0.1) is 0 Å². The lowest BCUT2D eigenvalue weighted by atomic mass is 9.98. The summed E-state index contributed by atoms with van der Waals surface area (Å²) >= 11 is 0. The van der Waals surface area contributed by atoms with Gasteiger partial charge in [0.05, 0.1) is 6.42 Å². The first-order chi connectivity index (χ1) is 15.9. The molecule has 0 heterocycles. The van der Waals surface area contributed by atoms with Crippen molar-refractivity contribution in [3.05, 3.63) is 59.7 Å². The summed E-state index contributed by atoms with van der Waals surface area (Å²) in [6.07, 6.45) is 0.332. The van der Waals surface area contributed by atoms with Crippen LogP contribution in [0, 0.1) is 0 Å². The molecule has 2 N–H and O–H groups in total. The molecule has 1 aliphatic rings. The van der Waals surface area contributed by atoms with Crippen LogP contribution in [0.3, 0.4) is 0 Å². The van der Waals surface area contributed by atoms with Crippen LogP contribution < -0.4 is 5.32 Å². The number of carboxylic acids is 1. The molecule has 176 valence electrons. The number of hydrogen-bond donors (Lipinski definition) is 2. The van der Waals surface area contributed by atoms with Crippen LogP contribution in [0.4, 0.5) is 4.79 Å². The highest BCUT2D eigenvalue weighted by atomic mass is 16.5. The fourth-order valence-electron chi connectivity index (χ4n) is 4.58. The van der Waals surface area contributed by atoms with Crippen LogP contribution in [0.15, 0.2) is 48.5 Å². The standard InChI is InChI=1S/C26H32N2O5/c1-4-10-23(25(31)28(5-2)17(3)15-24(29)30)27-26(32)33-16-22-20-13-8-6-11-18(20)19-12-7-9-14-21(19)22/h6-9,11-14,17,22-23H,4-5,10,15-16H2,1-3H3,(H,27,32)(H,29,30)/t17?,23-/m0/s1. The normalized spacial score (nSPS) is 14.0. The molecule has 1 aliphatic carbocycles. The monoisotopic (exact) mass is 452 g/mol. The number of alkyl carbamates (subject to hydrolysis) is 1. The van der Waals surface area contributed by atoms with E-state index in [-0.39, 0.29) is 24.9 Å². The van der Waals surface area contributed by atoms with Crippen molar-refractivity contribution in [2.24, 2.45) is 0 Å². The summed E-state index contributed by atoms with van der Waals surface area (Å²) in [6, 6.07) is 15.0. The smallest absolute Gasteiger partial charge is 0.407 e. The average Bonchev–Trinajstić information content (AvgIpc) is 3.11. The summed E-state index contributed by atoms with van der Waals surface area (Å²) in [4.78, 5) is 38.3. The van der Waals surface area contributed by atoms with Gasteiger partial charge in [0.15, 0.2) is 0 Å². The Morgan fingerprint density at radius 2 is 1.61 bits per heavy atom. The van der Waals surface area contributed by atoms with Gasteiger partial charge in [0.2, 0.25) is 5.91 Å². The van der Waals surface area contributed by atoms with E-state index in [4.69, 9.17) is 9.84 Å². The quantitative estimate of drug-likeness (QED) is 0.557. The number of carbonyl (C=O) groups excluding carboxylic acids is 2. The van der Waals surface area contributed by atoms with Crippen LogP contribution in [0.25, 0.3) is 11.1 Å². The summed E-state index contributed by atoms with van der Waals surface area (Å²) in [5.74, 6) is -1.32. The van der Waals surface area contributed by atoms with Gasteiger partial charge in [-0.3, -0.25) is 9.59 Å². The van der Waals surface area contributed by atoms with Gasteiger partial charge >= 0.3 is 12.1 Å². The van der Waals surface area contributed by atoms with Gasteiger partial charge < -0.3 is 20.1 Å². The molecule has 0 bridgehead atoms. The van der Waals surface area contributed by atoms with E-state index in [1.807, 2.05) is 43.3 Å². The second kappa shape index (κ2) is 11.0. The van der Waals surface area contributed by atoms with Crippen molar-refractivity contribution in [1.82, 2.24) is 10.2 Å². The lowest BCUT2D eigenvalue weighted by Crippen LogP contribution is -2.51. The molecule has 0 saturated carbocycles. The number of benzene rings is 2. The molecular weight excluding hydrogens is 420 g/mol. The Hall–Kier alpha value is -3.35. The number of rotatable bonds is 10. The minimum absolute atomic E-state index is 0.0637. The zero-order valence-corrected chi connectivity index (χ0v) is 19.4. The lowest BCUT2D eigenvalue weighted by Gasteiger charge is -2.31. The Morgan fingerprint density at radius 3 is 2.12 bits per heavy atom. The van der Waals surface area contributed by atoms with Crippen molar-refractivity contribution in [3.63, 3.8) is 0 Å². The number of nitrogens with zero attached hydrogens (tertiary/aromatic N) is 1. The molecule has 1 unspecified atom stereocenters. The molecule has 33 heavy (non-hydrogen) atoms. The molecule has 0 spiro atoms. The largest absolute Gasteiger partial charge is 0.481 e. The predicted molar refractivity (Wildman–Crippen MR) is 126 cm³/mol. The second-order valence-electron chi connectivity index (χ2n) is 8.38. The summed E-state index contributed by atoms with van der Waals surface area (Å²) in [7, 11) is 0. The third-order valence-electron chi connectivity index (χ3n) is 6.14. The zero-order valence-electron chi connectivity index (χ0n) is 19.4. The fraction of sp³-hybridized carbons (Fsp3) is 0.423. The van der Waals surface area contributed by atoms with Crippen molar-refractivity contribution in [3.8, 4) is 11.1 Å². The first kappa shape index (κ1) is 24.3.